The molecule has 0 spiro atoms. The second-order valence-corrected chi connectivity index (χ2v) is 6.66. The molecular weight excluding hydrogens is 322 g/mol. The summed E-state index contributed by atoms with van der Waals surface area (Å²) >= 11 is 0. The van der Waals surface area contributed by atoms with Crippen LogP contribution in [-0.2, 0) is 6.54 Å². The lowest BCUT2D eigenvalue weighted by Crippen LogP contribution is -2.39. The first-order chi connectivity index (χ1) is 12.5. The second-order valence-electron chi connectivity index (χ2n) is 6.66. The number of allylic oxidation sites excluding steroid dienone is 1. The van der Waals surface area contributed by atoms with Crippen molar-refractivity contribution in [2.24, 2.45) is 10.1 Å². The van der Waals surface area contributed by atoms with E-state index in [1.165, 1.54) is 5.56 Å². The lowest BCUT2D eigenvalue weighted by Gasteiger charge is -2.37. The van der Waals surface area contributed by atoms with Crippen molar-refractivity contribution in [3.05, 3.63) is 60.5 Å². The van der Waals surface area contributed by atoms with E-state index in [-0.39, 0.29) is 6.04 Å². The summed E-state index contributed by atoms with van der Waals surface area (Å²) in [5.41, 5.74) is 6.15. The number of hydrogen-bond donors (Lipinski definition) is 1. The Morgan fingerprint density at radius 3 is 2.81 bits per heavy atom. The Kier molecular flexibility index (Phi) is 4.98. The van der Waals surface area contributed by atoms with Gasteiger partial charge in [0.15, 0.2) is 0 Å². The van der Waals surface area contributed by atoms with E-state index < -0.39 is 0 Å². The molecule has 1 atom stereocenters. The molecule has 2 aliphatic rings. The highest BCUT2D eigenvalue weighted by Crippen LogP contribution is 2.40. The number of nitrogens with zero attached hydrogens (tertiary/aromatic N) is 4. The molecule has 5 heteroatoms. The van der Waals surface area contributed by atoms with Gasteiger partial charge in [0, 0.05) is 36.8 Å². The molecule has 1 unspecified atom stereocenters. The van der Waals surface area contributed by atoms with Gasteiger partial charge in [0.25, 0.3) is 0 Å². The van der Waals surface area contributed by atoms with Crippen LogP contribution in [0.15, 0.2) is 59.4 Å². The maximum Gasteiger partial charge on any atom is 0.107 e. The summed E-state index contributed by atoms with van der Waals surface area (Å²) in [6.45, 7) is 21.9. The van der Waals surface area contributed by atoms with Crippen molar-refractivity contribution in [1.29, 1.82) is 0 Å². The van der Waals surface area contributed by atoms with Gasteiger partial charge in [-0.2, -0.15) is 5.10 Å². The fourth-order valence-corrected chi connectivity index (χ4v) is 3.63. The predicted molar refractivity (Wildman–Crippen MR) is 110 cm³/mol. The minimum Gasteiger partial charge on any atom is -0.385 e. The number of nitrogens with one attached hydrogen (secondary N) is 1. The van der Waals surface area contributed by atoms with E-state index in [2.05, 4.69) is 54.8 Å². The number of aliphatic imine (C=N–C) groups is 1. The van der Waals surface area contributed by atoms with Crippen LogP contribution < -0.4 is 5.32 Å². The first kappa shape index (κ1) is 18.0. The normalized spacial score (nSPS) is 19.3. The van der Waals surface area contributed by atoms with Crippen molar-refractivity contribution in [3.8, 4) is 0 Å². The van der Waals surface area contributed by atoms with Crippen LogP contribution in [0.5, 0.6) is 0 Å². The number of rotatable bonds is 6. The van der Waals surface area contributed by atoms with Gasteiger partial charge in [0.1, 0.15) is 5.84 Å². The fourth-order valence-electron chi connectivity index (χ4n) is 3.63. The summed E-state index contributed by atoms with van der Waals surface area (Å²) in [7, 11) is 0. The smallest absolute Gasteiger partial charge is 0.107 e. The van der Waals surface area contributed by atoms with Gasteiger partial charge in [-0.25, -0.2) is 4.99 Å². The third kappa shape index (κ3) is 3.05. The second kappa shape index (κ2) is 7.20. The van der Waals surface area contributed by atoms with E-state index in [0.717, 1.165) is 53.6 Å². The monoisotopic (exact) mass is 349 g/mol. The van der Waals surface area contributed by atoms with Crippen molar-refractivity contribution in [2.45, 2.75) is 39.3 Å². The molecule has 0 saturated carbocycles. The van der Waals surface area contributed by atoms with E-state index in [1.54, 1.807) is 0 Å². The van der Waals surface area contributed by atoms with Gasteiger partial charge >= 0.3 is 0 Å². The van der Waals surface area contributed by atoms with Crippen LogP contribution in [0.3, 0.4) is 0 Å². The van der Waals surface area contributed by atoms with E-state index in [4.69, 9.17) is 4.99 Å². The topological polar surface area (TPSA) is 43.2 Å². The van der Waals surface area contributed by atoms with Crippen LogP contribution in [0.4, 0.5) is 5.69 Å². The molecule has 0 radical (unpaired) electrons. The summed E-state index contributed by atoms with van der Waals surface area (Å²) in [5.74, 6) is 0.933. The van der Waals surface area contributed by atoms with Gasteiger partial charge in [0.2, 0.25) is 0 Å². The average molecular weight is 349 g/mol. The van der Waals surface area contributed by atoms with Gasteiger partial charge in [-0.15, -0.1) is 0 Å². The van der Waals surface area contributed by atoms with E-state index >= 15 is 0 Å². The Morgan fingerprint density at radius 2 is 2.15 bits per heavy atom. The van der Waals surface area contributed by atoms with Crippen LogP contribution in [-0.4, -0.2) is 35.0 Å². The van der Waals surface area contributed by atoms with Crippen molar-refractivity contribution in [1.82, 2.24) is 15.2 Å². The molecule has 1 aromatic carbocycles. The van der Waals surface area contributed by atoms with Gasteiger partial charge < -0.3 is 10.2 Å². The molecule has 5 nitrogen and oxygen atoms in total. The zero-order valence-corrected chi connectivity index (χ0v) is 15.8. The summed E-state index contributed by atoms with van der Waals surface area (Å²) in [5, 5.41) is 9.30. The molecule has 1 N–H and O–H groups in total. The fraction of sp³-hybridized carbons (Fsp3) is 0.333. The first-order valence-corrected chi connectivity index (χ1v) is 8.98. The Labute approximate surface area is 156 Å². The van der Waals surface area contributed by atoms with Crippen LogP contribution in [0.25, 0.3) is 5.70 Å². The summed E-state index contributed by atoms with van der Waals surface area (Å²) in [4.78, 5) is 7.03. The molecule has 1 aromatic rings. The molecule has 0 aromatic heterocycles. The lowest BCUT2D eigenvalue weighted by molar-refractivity contribution is 0.410. The Bertz CT molecular complexity index is 805. The van der Waals surface area contributed by atoms with Crippen LogP contribution in [0.2, 0.25) is 0 Å². The molecular formula is C21H27N5. The van der Waals surface area contributed by atoms with Gasteiger partial charge in [0.05, 0.1) is 17.4 Å². The van der Waals surface area contributed by atoms with E-state index in [0.29, 0.717) is 6.54 Å². The zero-order valence-electron chi connectivity index (χ0n) is 15.8. The van der Waals surface area contributed by atoms with Crippen molar-refractivity contribution < 1.29 is 0 Å². The van der Waals surface area contributed by atoms with E-state index in [1.807, 2.05) is 24.1 Å². The van der Waals surface area contributed by atoms with Crippen LogP contribution in [0, 0.1) is 0 Å². The van der Waals surface area contributed by atoms with E-state index in [9.17, 15) is 0 Å². The molecule has 1 saturated heterocycles. The Balaban J connectivity index is 1.94. The Morgan fingerprint density at radius 1 is 1.38 bits per heavy atom. The molecule has 136 valence electrons. The maximum absolute atomic E-state index is 4.84. The molecule has 0 amide bonds. The number of amidine groups is 1. The van der Waals surface area contributed by atoms with Crippen LogP contribution in [0.1, 0.15) is 37.8 Å². The first-order valence-electron chi connectivity index (χ1n) is 8.98. The highest BCUT2D eigenvalue weighted by Gasteiger charge is 2.36. The minimum absolute atomic E-state index is 0.108. The number of hydrazone groups is 1. The zero-order chi connectivity index (χ0) is 18.8. The standard InChI is InChI=1S/C21H27N5/c1-7-14(2)23-13-18-9-8-10-19-21(18)16(4)26(17(5)24-19)20-11-12-25(22-6)15(20)3/h8-10,20,23H,2-4,6-7,11-13H2,1,5H3. The summed E-state index contributed by atoms with van der Waals surface area (Å²) < 4.78 is 0. The maximum atomic E-state index is 4.84. The number of fused-ring (bicyclic) bond motifs is 1. The third-order valence-corrected chi connectivity index (χ3v) is 5.11. The van der Waals surface area contributed by atoms with Crippen molar-refractivity contribution in [3.63, 3.8) is 0 Å². The quantitative estimate of drug-likeness (QED) is 0.781. The molecule has 2 aliphatic heterocycles. The number of benzene rings is 1. The molecule has 0 aliphatic carbocycles. The van der Waals surface area contributed by atoms with Gasteiger partial charge in [-0.1, -0.05) is 38.8 Å². The van der Waals surface area contributed by atoms with Crippen molar-refractivity contribution in [2.75, 3.05) is 6.54 Å². The molecule has 2 heterocycles. The SMILES string of the molecule is C=NN1CCC(N2C(=C)c3c(CNC(=C)CC)cccc3N=C2C)C1=C. The minimum atomic E-state index is 0.108. The Hall–Kier alpha value is -2.82. The van der Waals surface area contributed by atoms with Crippen LogP contribution >= 0.6 is 0 Å². The molecule has 0 bridgehead atoms. The summed E-state index contributed by atoms with van der Waals surface area (Å²) in [6.07, 6.45) is 1.83. The van der Waals surface area contributed by atoms with Crippen molar-refractivity contribution >= 4 is 23.9 Å². The predicted octanol–water partition coefficient (Wildman–Crippen LogP) is 4.24. The molecule has 1 fully saturated rings. The highest BCUT2D eigenvalue weighted by molar-refractivity contribution is 5.97. The molecule has 26 heavy (non-hydrogen) atoms. The number of hydrogen-bond acceptors (Lipinski definition) is 5. The average Bonchev–Trinajstić information content (AvgIpc) is 2.99. The lowest BCUT2D eigenvalue weighted by atomic mass is 9.98. The van der Waals surface area contributed by atoms with Gasteiger partial charge in [-0.05, 0) is 31.4 Å². The third-order valence-electron chi connectivity index (χ3n) is 5.11. The van der Waals surface area contributed by atoms with Gasteiger partial charge in [-0.3, -0.25) is 5.01 Å². The highest BCUT2D eigenvalue weighted by atomic mass is 15.5. The summed E-state index contributed by atoms with van der Waals surface area (Å²) in [6, 6.07) is 6.31. The largest absolute Gasteiger partial charge is 0.385 e. The molecule has 3 rings (SSSR count).